The molecule has 2 aromatic rings. The Bertz CT molecular complexity index is 692. The topological polar surface area (TPSA) is 53.2 Å². The average Bonchev–Trinajstić information content (AvgIpc) is 3.04. The molecule has 1 saturated heterocycles. The van der Waals surface area contributed by atoms with Gasteiger partial charge in [0.05, 0.1) is 0 Å². The Morgan fingerprint density at radius 1 is 1.17 bits per heavy atom. The van der Waals surface area contributed by atoms with Crippen LogP contribution in [0.4, 0.5) is 4.39 Å². The van der Waals surface area contributed by atoms with Crippen LogP contribution < -0.4 is 16.2 Å². The van der Waals surface area contributed by atoms with Crippen molar-refractivity contribution in [1.29, 1.82) is 0 Å². The summed E-state index contributed by atoms with van der Waals surface area (Å²) in [5, 5.41) is 3.51. The standard InChI is InChI=1S/C17H17ClFN3O/c18-14-4-2-1-3-12(14)10-20-17(23)16-9-15(21-22-16)11-5-7-13(19)8-6-11/h1-8,15-16,21-22H,9-10H2,(H,20,23). The number of carbonyl (C=O) groups excluding carboxylic acids is 1. The molecule has 3 rings (SSSR count). The van der Waals surface area contributed by atoms with E-state index in [-0.39, 0.29) is 23.8 Å². The maximum absolute atomic E-state index is 13.0. The van der Waals surface area contributed by atoms with Crippen molar-refractivity contribution < 1.29 is 9.18 Å². The van der Waals surface area contributed by atoms with Crippen molar-refractivity contribution in [3.05, 3.63) is 70.5 Å². The SMILES string of the molecule is O=C(NCc1ccccc1Cl)C1CC(c2ccc(F)cc2)NN1. The number of benzene rings is 2. The minimum absolute atomic E-state index is 0.0216. The number of rotatable bonds is 4. The molecule has 2 aromatic carbocycles. The molecule has 120 valence electrons. The van der Waals surface area contributed by atoms with Gasteiger partial charge in [0.1, 0.15) is 11.9 Å². The number of halogens is 2. The van der Waals surface area contributed by atoms with Crippen LogP contribution in [-0.4, -0.2) is 11.9 Å². The molecule has 0 radical (unpaired) electrons. The zero-order valence-corrected chi connectivity index (χ0v) is 13.1. The fourth-order valence-electron chi connectivity index (χ4n) is 2.59. The quantitative estimate of drug-likeness (QED) is 0.806. The van der Waals surface area contributed by atoms with E-state index in [1.165, 1.54) is 12.1 Å². The van der Waals surface area contributed by atoms with E-state index in [1.807, 2.05) is 18.2 Å². The van der Waals surface area contributed by atoms with Gasteiger partial charge in [-0.2, -0.15) is 0 Å². The Balaban J connectivity index is 1.55. The molecule has 1 aliphatic rings. The Morgan fingerprint density at radius 2 is 1.91 bits per heavy atom. The van der Waals surface area contributed by atoms with E-state index in [0.717, 1.165) is 11.1 Å². The predicted molar refractivity (Wildman–Crippen MR) is 87.1 cm³/mol. The summed E-state index contributed by atoms with van der Waals surface area (Å²) in [5.74, 6) is -0.365. The van der Waals surface area contributed by atoms with E-state index in [9.17, 15) is 9.18 Å². The third-order valence-electron chi connectivity index (χ3n) is 3.90. The molecule has 0 aromatic heterocycles. The lowest BCUT2D eigenvalue weighted by Crippen LogP contribution is -2.42. The van der Waals surface area contributed by atoms with Crippen molar-refractivity contribution in [2.75, 3.05) is 0 Å². The van der Waals surface area contributed by atoms with Crippen molar-refractivity contribution in [1.82, 2.24) is 16.2 Å². The lowest BCUT2D eigenvalue weighted by Gasteiger charge is -2.11. The van der Waals surface area contributed by atoms with Gasteiger partial charge in [0.15, 0.2) is 0 Å². The highest BCUT2D eigenvalue weighted by atomic mass is 35.5. The number of carbonyl (C=O) groups is 1. The van der Waals surface area contributed by atoms with E-state index >= 15 is 0 Å². The highest BCUT2D eigenvalue weighted by Gasteiger charge is 2.29. The van der Waals surface area contributed by atoms with Crippen molar-refractivity contribution in [2.45, 2.75) is 25.0 Å². The maximum Gasteiger partial charge on any atom is 0.238 e. The molecular weight excluding hydrogens is 317 g/mol. The number of hydrogen-bond donors (Lipinski definition) is 3. The lowest BCUT2D eigenvalue weighted by atomic mass is 10.0. The second-order valence-corrected chi connectivity index (χ2v) is 5.90. The van der Waals surface area contributed by atoms with Crippen LogP contribution in [0.5, 0.6) is 0 Å². The zero-order chi connectivity index (χ0) is 16.2. The third kappa shape index (κ3) is 3.88. The van der Waals surface area contributed by atoms with Crippen LogP contribution in [0.1, 0.15) is 23.6 Å². The van der Waals surface area contributed by atoms with Gasteiger partial charge in [-0.3, -0.25) is 4.79 Å². The number of amides is 1. The van der Waals surface area contributed by atoms with Crippen LogP contribution in [0.25, 0.3) is 0 Å². The number of hydrogen-bond acceptors (Lipinski definition) is 3. The van der Waals surface area contributed by atoms with Crippen LogP contribution in [-0.2, 0) is 11.3 Å². The summed E-state index contributed by atoms with van der Waals surface area (Å²) in [7, 11) is 0. The molecule has 2 atom stereocenters. The van der Waals surface area contributed by atoms with Gasteiger partial charge in [0.25, 0.3) is 0 Å². The predicted octanol–water partition coefficient (Wildman–Crippen LogP) is 2.70. The Labute approximate surface area is 139 Å². The van der Waals surface area contributed by atoms with E-state index in [1.54, 1.807) is 18.2 Å². The first-order chi connectivity index (χ1) is 11.1. The molecule has 1 fully saturated rings. The monoisotopic (exact) mass is 333 g/mol. The second-order valence-electron chi connectivity index (χ2n) is 5.49. The number of nitrogens with one attached hydrogen (secondary N) is 3. The van der Waals surface area contributed by atoms with Crippen molar-refractivity contribution in [3.8, 4) is 0 Å². The van der Waals surface area contributed by atoms with Crippen molar-refractivity contribution >= 4 is 17.5 Å². The minimum Gasteiger partial charge on any atom is -0.351 e. The smallest absolute Gasteiger partial charge is 0.238 e. The summed E-state index contributed by atoms with van der Waals surface area (Å²) >= 11 is 6.07. The van der Waals surface area contributed by atoms with Crippen LogP contribution in [0, 0.1) is 5.82 Å². The molecule has 23 heavy (non-hydrogen) atoms. The van der Waals surface area contributed by atoms with Gasteiger partial charge >= 0.3 is 0 Å². The molecule has 1 heterocycles. The molecule has 0 saturated carbocycles. The van der Waals surface area contributed by atoms with Crippen LogP contribution in [0.2, 0.25) is 5.02 Å². The van der Waals surface area contributed by atoms with Crippen LogP contribution in [0.3, 0.4) is 0 Å². The van der Waals surface area contributed by atoms with Gasteiger partial charge in [0, 0.05) is 17.6 Å². The molecule has 1 amide bonds. The first kappa shape index (κ1) is 15.9. The molecule has 2 unspecified atom stereocenters. The van der Waals surface area contributed by atoms with Crippen LogP contribution in [0.15, 0.2) is 48.5 Å². The molecule has 1 aliphatic heterocycles. The van der Waals surface area contributed by atoms with Gasteiger partial charge in [-0.05, 0) is 35.7 Å². The molecule has 0 aliphatic carbocycles. The van der Waals surface area contributed by atoms with E-state index in [0.29, 0.717) is 18.0 Å². The Kier molecular flexibility index (Phi) is 4.91. The number of hydrazine groups is 1. The lowest BCUT2D eigenvalue weighted by molar-refractivity contribution is -0.123. The fraction of sp³-hybridized carbons (Fsp3) is 0.235. The van der Waals surface area contributed by atoms with Gasteiger partial charge in [-0.15, -0.1) is 0 Å². The second kappa shape index (κ2) is 7.08. The van der Waals surface area contributed by atoms with Gasteiger partial charge in [0.2, 0.25) is 5.91 Å². The van der Waals surface area contributed by atoms with Gasteiger partial charge in [-0.1, -0.05) is 41.9 Å². The summed E-state index contributed by atoms with van der Waals surface area (Å²) in [6, 6.07) is 13.3. The third-order valence-corrected chi connectivity index (χ3v) is 4.27. The first-order valence-electron chi connectivity index (χ1n) is 7.41. The Morgan fingerprint density at radius 3 is 2.65 bits per heavy atom. The largest absolute Gasteiger partial charge is 0.351 e. The van der Waals surface area contributed by atoms with E-state index in [4.69, 9.17) is 11.6 Å². The van der Waals surface area contributed by atoms with E-state index < -0.39 is 0 Å². The maximum atomic E-state index is 13.0. The van der Waals surface area contributed by atoms with Crippen molar-refractivity contribution in [3.63, 3.8) is 0 Å². The van der Waals surface area contributed by atoms with Gasteiger partial charge < -0.3 is 5.32 Å². The Hall–Kier alpha value is -1.95. The first-order valence-corrected chi connectivity index (χ1v) is 7.79. The molecule has 3 N–H and O–H groups in total. The molecule has 4 nitrogen and oxygen atoms in total. The highest BCUT2D eigenvalue weighted by molar-refractivity contribution is 6.31. The summed E-state index contributed by atoms with van der Waals surface area (Å²) in [5.41, 5.74) is 7.88. The normalized spacial score (nSPS) is 20.4. The van der Waals surface area contributed by atoms with Crippen LogP contribution >= 0.6 is 11.6 Å². The fourth-order valence-corrected chi connectivity index (χ4v) is 2.79. The van der Waals surface area contributed by atoms with Crippen molar-refractivity contribution in [2.24, 2.45) is 0 Å². The summed E-state index contributed by atoms with van der Waals surface area (Å²) in [6.07, 6.45) is 0.597. The molecule has 6 heteroatoms. The molecule has 0 spiro atoms. The summed E-state index contributed by atoms with van der Waals surface area (Å²) in [6.45, 7) is 0.387. The summed E-state index contributed by atoms with van der Waals surface area (Å²) in [4.78, 5) is 12.2. The zero-order valence-electron chi connectivity index (χ0n) is 12.4. The van der Waals surface area contributed by atoms with Gasteiger partial charge in [-0.25, -0.2) is 15.2 Å². The van der Waals surface area contributed by atoms with E-state index in [2.05, 4.69) is 16.2 Å². The summed E-state index contributed by atoms with van der Waals surface area (Å²) < 4.78 is 13.0. The molecule has 0 bridgehead atoms. The molecular formula is C17H17ClFN3O. The average molecular weight is 334 g/mol. The minimum atomic E-state index is -0.340. The highest BCUT2D eigenvalue weighted by Crippen LogP contribution is 2.22.